The topological polar surface area (TPSA) is 55.1 Å². The number of hydrogen-bond acceptors (Lipinski definition) is 2. The van der Waals surface area contributed by atoms with Crippen molar-refractivity contribution in [1.82, 2.24) is 9.78 Å². The molecule has 2 aromatic carbocycles. The van der Waals surface area contributed by atoms with E-state index in [1.165, 1.54) is 6.07 Å². The first kappa shape index (κ1) is 11.7. The second kappa shape index (κ2) is 4.40. The van der Waals surface area contributed by atoms with E-state index in [0.717, 1.165) is 10.9 Å². The third-order valence-electron chi connectivity index (χ3n) is 2.90. The number of aromatic carboxylic acids is 1. The maximum atomic E-state index is 11.1. The van der Waals surface area contributed by atoms with E-state index >= 15 is 0 Å². The van der Waals surface area contributed by atoms with Crippen LogP contribution in [0.25, 0.3) is 16.6 Å². The SMILES string of the molecule is O=C(O)c1cc(-n2ncc3ccccc32)ccc1Cl. The van der Waals surface area contributed by atoms with E-state index in [1.807, 2.05) is 24.3 Å². The fourth-order valence-corrected chi connectivity index (χ4v) is 2.18. The van der Waals surface area contributed by atoms with Crippen molar-refractivity contribution in [3.63, 3.8) is 0 Å². The van der Waals surface area contributed by atoms with E-state index in [2.05, 4.69) is 5.10 Å². The quantitative estimate of drug-likeness (QED) is 0.778. The average Bonchev–Trinajstić information content (AvgIpc) is 2.83. The lowest BCUT2D eigenvalue weighted by atomic mass is 10.2. The van der Waals surface area contributed by atoms with Crippen LogP contribution in [0.4, 0.5) is 0 Å². The van der Waals surface area contributed by atoms with Crippen LogP contribution < -0.4 is 0 Å². The summed E-state index contributed by atoms with van der Waals surface area (Å²) in [6, 6.07) is 12.5. The summed E-state index contributed by atoms with van der Waals surface area (Å²) in [6.07, 6.45) is 1.74. The van der Waals surface area contributed by atoms with Crippen LogP contribution in [0.5, 0.6) is 0 Å². The van der Waals surface area contributed by atoms with Crippen molar-refractivity contribution >= 4 is 28.5 Å². The number of carboxylic acids is 1. The Morgan fingerprint density at radius 3 is 2.79 bits per heavy atom. The van der Waals surface area contributed by atoms with E-state index in [1.54, 1.807) is 23.0 Å². The van der Waals surface area contributed by atoms with Gasteiger partial charge in [0.05, 0.1) is 28.0 Å². The van der Waals surface area contributed by atoms with E-state index in [9.17, 15) is 4.79 Å². The van der Waals surface area contributed by atoms with Gasteiger partial charge >= 0.3 is 5.97 Å². The maximum Gasteiger partial charge on any atom is 0.337 e. The zero-order valence-electron chi connectivity index (χ0n) is 9.75. The number of rotatable bonds is 2. The highest BCUT2D eigenvalue weighted by molar-refractivity contribution is 6.33. The highest BCUT2D eigenvalue weighted by Gasteiger charge is 2.11. The largest absolute Gasteiger partial charge is 0.478 e. The number of carboxylic acid groups (broad SMARTS) is 1. The van der Waals surface area contributed by atoms with Gasteiger partial charge in [0.15, 0.2) is 0 Å². The Hall–Kier alpha value is -2.33. The second-order valence-corrected chi connectivity index (χ2v) is 4.49. The molecule has 19 heavy (non-hydrogen) atoms. The Bertz CT molecular complexity index is 780. The Balaban J connectivity index is 2.22. The predicted molar refractivity (Wildman–Crippen MR) is 73.0 cm³/mol. The molecule has 4 nitrogen and oxygen atoms in total. The molecule has 1 aromatic heterocycles. The van der Waals surface area contributed by atoms with Gasteiger partial charge in [0.2, 0.25) is 0 Å². The highest BCUT2D eigenvalue weighted by Crippen LogP contribution is 2.23. The molecule has 0 unspecified atom stereocenters. The summed E-state index contributed by atoms with van der Waals surface area (Å²) in [6.45, 7) is 0. The van der Waals surface area contributed by atoms with Crippen LogP contribution in [-0.2, 0) is 0 Å². The van der Waals surface area contributed by atoms with Crippen molar-refractivity contribution in [3.05, 3.63) is 59.2 Å². The van der Waals surface area contributed by atoms with Gasteiger partial charge in [-0.1, -0.05) is 29.8 Å². The molecule has 5 heteroatoms. The number of aromatic nitrogens is 2. The number of benzene rings is 2. The van der Waals surface area contributed by atoms with E-state index in [-0.39, 0.29) is 10.6 Å². The number of halogens is 1. The summed E-state index contributed by atoms with van der Waals surface area (Å²) in [5.41, 5.74) is 1.66. The molecule has 3 rings (SSSR count). The lowest BCUT2D eigenvalue weighted by Gasteiger charge is -2.06. The molecular formula is C14H9ClN2O2. The van der Waals surface area contributed by atoms with E-state index in [0.29, 0.717) is 5.69 Å². The van der Waals surface area contributed by atoms with Gasteiger partial charge in [-0.2, -0.15) is 5.10 Å². The lowest BCUT2D eigenvalue weighted by molar-refractivity contribution is 0.0697. The molecule has 0 spiro atoms. The number of para-hydroxylation sites is 1. The first-order valence-electron chi connectivity index (χ1n) is 5.63. The van der Waals surface area contributed by atoms with Gasteiger partial charge < -0.3 is 5.11 Å². The van der Waals surface area contributed by atoms with Crippen LogP contribution in [0, 0.1) is 0 Å². The van der Waals surface area contributed by atoms with Crippen molar-refractivity contribution in [1.29, 1.82) is 0 Å². The summed E-state index contributed by atoms with van der Waals surface area (Å²) in [5.74, 6) is -1.05. The van der Waals surface area contributed by atoms with Crippen LogP contribution in [0.1, 0.15) is 10.4 Å². The van der Waals surface area contributed by atoms with Crippen LogP contribution in [0.15, 0.2) is 48.7 Å². The molecule has 3 aromatic rings. The molecule has 0 bridgehead atoms. The van der Waals surface area contributed by atoms with Gasteiger partial charge in [-0.15, -0.1) is 0 Å². The molecule has 0 saturated heterocycles. The van der Waals surface area contributed by atoms with Crippen LogP contribution >= 0.6 is 11.6 Å². The number of hydrogen-bond donors (Lipinski definition) is 1. The third-order valence-corrected chi connectivity index (χ3v) is 3.23. The molecule has 1 heterocycles. The minimum Gasteiger partial charge on any atom is -0.478 e. The zero-order chi connectivity index (χ0) is 13.4. The molecule has 0 amide bonds. The van der Waals surface area contributed by atoms with E-state index in [4.69, 9.17) is 16.7 Å². The monoisotopic (exact) mass is 272 g/mol. The van der Waals surface area contributed by atoms with Gasteiger partial charge in [0.25, 0.3) is 0 Å². The van der Waals surface area contributed by atoms with Crippen LogP contribution in [0.3, 0.4) is 0 Å². The Kier molecular flexibility index (Phi) is 2.72. The minimum absolute atomic E-state index is 0.0683. The van der Waals surface area contributed by atoms with Crippen molar-refractivity contribution in [2.45, 2.75) is 0 Å². The van der Waals surface area contributed by atoms with Gasteiger partial charge in [-0.3, -0.25) is 0 Å². The molecule has 0 aliphatic heterocycles. The fourth-order valence-electron chi connectivity index (χ4n) is 1.99. The molecule has 0 aliphatic carbocycles. The highest BCUT2D eigenvalue weighted by atomic mass is 35.5. The Labute approximate surface area is 113 Å². The van der Waals surface area contributed by atoms with Crippen molar-refractivity contribution in [2.75, 3.05) is 0 Å². The van der Waals surface area contributed by atoms with Crippen LogP contribution in [0.2, 0.25) is 5.02 Å². The summed E-state index contributed by atoms with van der Waals surface area (Å²) >= 11 is 5.86. The average molecular weight is 273 g/mol. The van der Waals surface area contributed by atoms with E-state index < -0.39 is 5.97 Å². The first-order chi connectivity index (χ1) is 9.16. The predicted octanol–water partition coefficient (Wildman–Crippen LogP) is 3.38. The number of nitrogens with zero attached hydrogens (tertiary/aromatic N) is 2. The molecule has 94 valence electrons. The van der Waals surface area contributed by atoms with Crippen molar-refractivity contribution in [2.24, 2.45) is 0 Å². The Morgan fingerprint density at radius 2 is 2.00 bits per heavy atom. The summed E-state index contributed by atoms with van der Waals surface area (Å²) in [4.78, 5) is 11.1. The summed E-state index contributed by atoms with van der Waals surface area (Å²) in [5, 5.41) is 14.6. The minimum atomic E-state index is -1.05. The molecule has 0 aliphatic rings. The van der Waals surface area contributed by atoms with Crippen LogP contribution in [-0.4, -0.2) is 20.9 Å². The summed E-state index contributed by atoms with van der Waals surface area (Å²) < 4.78 is 1.69. The summed E-state index contributed by atoms with van der Waals surface area (Å²) in [7, 11) is 0. The molecule has 0 atom stereocenters. The molecular weight excluding hydrogens is 264 g/mol. The third kappa shape index (κ3) is 1.96. The van der Waals surface area contributed by atoms with Gasteiger partial charge in [-0.25, -0.2) is 9.48 Å². The van der Waals surface area contributed by atoms with Crippen molar-refractivity contribution in [3.8, 4) is 5.69 Å². The lowest BCUT2D eigenvalue weighted by Crippen LogP contribution is -2.02. The smallest absolute Gasteiger partial charge is 0.337 e. The standard InChI is InChI=1S/C14H9ClN2O2/c15-12-6-5-10(7-11(12)14(18)19)17-13-4-2-1-3-9(13)8-16-17/h1-8H,(H,18,19). The molecule has 1 N–H and O–H groups in total. The fraction of sp³-hybridized carbons (Fsp3) is 0. The van der Waals surface area contributed by atoms with Gasteiger partial charge in [0.1, 0.15) is 0 Å². The van der Waals surface area contributed by atoms with Gasteiger partial charge in [0, 0.05) is 5.39 Å². The maximum absolute atomic E-state index is 11.1. The molecule has 0 radical (unpaired) electrons. The first-order valence-corrected chi connectivity index (χ1v) is 6.00. The Morgan fingerprint density at radius 1 is 1.21 bits per heavy atom. The van der Waals surface area contributed by atoms with Gasteiger partial charge in [-0.05, 0) is 24.3 Å². The molecule has 0 saturated carbocycles. The second-order valence-electron chi connectivity index (χ2n) is 4.08. The number of fused-ring (bicyclic) bond motifs is 1. The molecule has 0 fully saturated rings. The number of carbonyl (C=O) groups is 1. The normalized spacial score (nSPS) is 10.8. The van der Waals surface area contributed by atoms with Crippen molar-refractivity contribution < 1.29 is 9.90 Å². The zero-order valence-corrected chi connectivity index (χ0v) is 10.5.